The Morgan fingerprint density at radius 1 is 1.24 bits per heavy atom. The first-order valence-electron chi connectivity index (χ1n) is 5.44. The Labute approximate surface area is 110 Å². The molecule has 4 heteroatoms. The van der Waals surface area contributed by atoms with Gasteiger partial charge in [-0.3, -0.25) is 0 Å². The van der Waals surface area contributed by atoms with Crippen LogP contribution in [0.2, 0.25) is 5.02 Å². The third-order valence-electron chi connectivity index (χ3n) is 2.39. The van der Waals surface area contributed by atoms with Crippen LogP contribution in [-0.4, -0.2) is 0 Å². The zero-order valence-electron chi connectivity index (χ0n) is 9.57. The molecule has 0 fully saturated rings. The lowest BCUT2D eigenvalue weighted by atomic mass is 10.3. The summed E-state index contributed by atoms with van der Waals surface area (Å²) in [6.45, 7) is 2.68. The fraction of sp³-hybridized carbons (Fsp3) is 0.231. The number of hydrogen-bond donors (Lipinski definition) is 1. The highest BCUT2D eigenvalue weighted by Gasteiger charge is 2.04. The summed E-state index contributed by atoms with van der Waals surface area (Å²) < 4.78 is 5.66. The van der Waals surface area contributed by atoms with Crippen molar-refractivity contribution in [2.75, 3.05) is 5.73 Å². The Hall–Kier alpha value is -1.19. The summed E-state index contributed by atoms with van der Waals surface area (Å²) in [5, 5.41) is 0.589. The molecule has 90 valence electrons. The van der Waals surface area contributed by atoms with E-state index in [-0.39, 0.29) is 0 Å². The van der Waals surface area contributed by atoms with Crippen molar-refractivity contribution in [3.63, 3.8) is 0 Å². The number of hydrogen-bond acceptors (Lipinski definition) is 3. The molecule has 1 aromatic heterocycles. The van der Waals surface area contributed by atoms with E-state index < -0.39 is 0 Å². The summed E-state index contributed by atoms with van der Waals surface area (Å²) in [5.74, 6) is 0.637. The lowest BCUT2D eigenvalue weighted by molar-refractivity contribution is 0.310. The second-order valence-corrected chi connectivity index (χ2v) is 5.36. The lowest BCUT2D eigenvalue weighted by Crippen LogP contribution is -1.94. The molecule has 2 N–H and O–H groups in total. The van der Waals surface area contributed by atoms with Crippen LogP contribution in [0.1, 0.15) is 16.7 Å². The van der Waals surface area contributed by atoms with Crippen molar-refractivity contribution in [3.05, 3.63) is 45.1 Å². The molecule has 0 radical (unpaired) electrons. The van der Waals surface area contributed by atoms with Crippen molar-refractivity contribution in [3.8, 4) is 5.75 Å². The van der Waals surface area contributed by atoms with Gasteiger partial charge in [-0.1, -0.05) is 18.5 Å². The summed E-state index contributed by atoms with van der Waals surface area (Å²) in [6.07, 6.45) is 1.06. The van der Waals surface area contributed by atoms with Gasteiger partial charge in [0.2, 0.25) is 0 Å². The first-order valence-corrected chi connectivity index (χ1v) is 6.64. The van der Waals surface area contributed by atoms with Gasteiger partial charge in [0.25, 0.3) is 0 Å². The number of benzene rings is 1. The summed E-state index contributed by atoms with van der Waals surface area (Å²) in [5.41, 5.74) is 6.34. The van der Waals surface area contributed by atoms with Gasteiger partial charge in [-0.05, 0) is 30.7 Å². The Morgan fingerprint density at radius 3 is 2.71 bits per heavy atom. The Bertz CT molecular complexity index is 510. The quantitative estimate of drug-likeness (QED) is 0.846. The maximum atomic E-state index is 6.02. The molecule has 0 amide bonds. The van der Waals surface area contributed by atoms with Crippen LogP contribution in [0.25, 0.3) is 0 Å². The van der Waals surface area contributed by atoms with E-state index in [1.54, 1.807) is 29.5 Å². The maximum absolute atomic E-state index is 6.02. The highest BCUT2D eigenvalue weighted by atomic mass is 35.5. The number of anilines is 1. The summed E-state index contributed by atoms with van der Waals surface area (Å²) >= 11 is 7.78. The normalized spacial score (nSPS) is 10.5. The first-order chi connectivity index (χ1) is 8.19. The van der Waals surface area contributed by atoms with Gasteiger partial charge >= 0.3 is 0 Å². The van der Waals surface area contributed by atoms with Crippen molar-refractivity contribution in [2.24, 2.45) is 0 Å². The molecule has 0 saturated heterocycles. The molecule has 17 heavy (non-hydrogen) atoms. The average molecular weight is 268 g/mol. The average Bonchev–Trinajstić information content (AvgIpc) is 2.78. The second kappa shape index (κ2) is 5.43. The Balaban J connectivity index is 2.04. The summed E-state index contributed by atoms with van der Waals surface area (Å²) in [4.78, 5) is 2.56. The molecule has 0 bridgehead atoms. The molecule has 0 unspecified atom stereocenters. The molecule has 0 atom stereocenters. The van der Waals surface area contributed by atoms with Gasteiger partial charge in [0.05, 0.1) is 5.02 Å². The van der Waals surface area contributed by atoms with Gasteiger partial charge in [0, 0.05) is 21.5 Å². The van der Waals surface area contributed by atoms with Gasteiger partial charge in [-0.15, -0.1) is 11.3 Å². The minimum atomic E-state index is 0.536. The van der Waals surface area contributed by atoms with Gasteiger partial charge in [0.15, 0.2) is 0 Å². The van der Waals surface area contributed by atoms with Crippen LogP contribution in [0.4, 0.5) is 5.69 Å². The molecule has 0 spiro atoms. The van der Waals surface area contributed by atoms with E-state index in [2.05, 4.69) is 19.1 Å². The third-order valence-corrected chi connectivity index (χ3v) is 3.91. The number of nitrogen functional groups attached to an aromatic ring is 1. The van der Waals surface area contributed by atoms with Gasteiger partial charge in [-0.2, -0.15) is 0 Å². The zero-order valence-corrected chi connectivity index (χ0v) is 11.1. The largest absolute Gasteiger partial charge is 0.486 e. The first kappa shape index (κ1) is 12.3. The van der Waals surface area contributed by atoms with Crippen LogP contribution in [0.3, 0.4) is 0 Å². The molecular formula is C13H14ClNOS. The second-order valence-electron chi connectivity index (χ2n) is 3.70. The lowest BCUT2D eigenvalue weighted by Gasteiger charge is -2.07. The highest BCUT2D eigenvalue weighted by molar-refractivity contribution is 7.11. The Morgan fingerprint density at radius 2 is 2.00 bits per heavy atom. The monoisotopic (exact) mass is 267 g/mol. The fourth-order valence-corrected chi connectivity index (χ4v) is 2.51. The SMILES string of the molecule is CCc1ccc(COc2cc(N)ccc2Cl)s1. The molecule has 2 rings (SSSR count). The van der Waals surface area contributed by atoms with E-state index in [0.717, 1.165) is 6.42 Å². The number of ether oxygens (including phenoxy) is 1. The zero-order chi connectivity index (χ0) is 12.3. The van der Waals surface area contributed by atoms with Gasteiger partial charge < -0.3 is 10.5 Å². The van der Waals surface area contributed by atoms with Crippen LogP contribution in [0.15, 0.2) is 30.3 Å². The van der Waals surface area contributed by atoms with Crippen LogP contribution < -0.4 is 10.5 Å². The van der Waals surface area contributed by atoms with Crippen molar-refractivity contribution < 1.29 is 4.74 Å². The van der Waals surface area contributed by atoms with E-state index in [1.165, 1.54) is 9.75 Å². The smallest absolute Gasteiger partial charge is 0.140 e. The van der Waals surface area contributed by atoms with E-state index in [9.17, 15) is 0 Å². The molecule has 2 aromatic rings. The fourth-order valence-electron chi connectivity index (χ4n) is 1.47. The molecule has 1 aromatic carbocycles. The molecule has 0 saturated carbocycles. The Kier molecular flexibility index (Phi) is 3.92. The van der Waals surface area contributed by atoms with Crippen molar-refractivity contribution in [1.29, 1.82) is 0 Å². The van der Waals surface area contributed by atoms with Crippen LogP contribution in [0.5, 0.6) is 5.75 Å². The molecule has 2 nitrogen and oxygen atoms in total. The summed E-state index contributed by atoms with van der Waals surface area (Å²) in [7, 11) is 0. The predicted octanol–water partition coefficient (Wildman–Crippen LogP) is 4.13. The molecule has 0 aliphatic heterocycles. The van der Waals surface area contributed by atoms with E-state index in [4.69, 9.17) is 22.1 Å². The molecule has 1 heterocycles. The minimum Gasteiger partial charge on any atom is -0.486 e. The van der Waals surface area contributed by atoms with Crippen LogP contribution >= 0.6 is 22.9 Å². The van der Waals surface area contributed by atoms with Crippen LogP contribution in [-0.2, 0) is 13.0 Å². The van der Waals surface area contributed by atoms with Crippen molar-refractivity contribution in [1.82, 2.24) is 0 Å². The summed E-state index contributed by atoms with van der Waals surface area (Å²) in [6, 6.07) is 9.47. The number of aryl methyl sites for hydroxylation is 1. The van der Waals surface area contributed by atoms with Gasteiger partial charge in [0.1, 0.15) is 12.4 Å². The van der Waals surface area contributed by atoms with Crippen LogP contribution in [0, 0.1) is 0 Å². The number of rotatable bonds is 4. The maximum Gasteiger partial charge on any atom is 0.140 e. The molecule has 0 aliphatic rings. The van der Waals surface area contributed by atoms with Crippen molar-refractivity contribution in [2.45, 2.75) is 20.0 Å². The standard InChI is InChI=1S/C13H14ClNOS/c1-2-10-4-5-11(17-10)8-16-13-7-9(15)3-6-12(13)14/h3-7H,2,8,15H2,1H3. The van der Waals surface area contributed by atoms with E-state index >= 15 is 0 Å². The minimum absolute atomic E-state index is 0.536. The number of nitrogens with two attached hydrogens (primary N) is 1. The van der Waals surface area contributed by atoms with Gasteiger partial charge in [-0.25, -0.2) is 0 Å². The highest BCUT2D eigenvalue weighted by Crippen LogP contribution is 2.28. The molecule has 0 aliphatic carbocycles. The number of halogens is 1. The van der Waals surface area contributed by atoms with E-state index in [1.807, 2.05) is 0 Å². The number of thiophene rings is 1. The molecular weight excluding hydrogens is 254 g/mol. The van der Waals surface area contributed by atoms with Crippen molar-refractivity contribution >= 4 is 28.6 Å². The van der Waals surface area contributed by atoms with E-state index in [0.29, 0.717) is 23.1 Å². The topological polar surface area (TPSA) is 35.2 Å². The third kappa shape index (κ3) is 3.14. The predicted molar refractivity (Wildman–Crippen MR) is 73.9 cm³/mol.